The summed E-state index contributed by atoms with van der Waals surface area (Å²) < 4.78 is 0. The van der Waals surface area contributed by atoms with E-state index in [4.69, 9.17) is 0 Å². The third kappa shape index (κ3) is 2.59. The molecule has 0 spiro atoms. The highest BCUT2D eigenvalue weighted by atomic mass is 16.4. The predicted molar refractivity (Wildman–Crippen MR) is 88.2 cm³/mol. The van der Waals surface area contributed by atoms with Gasteiger partial charge in [-0.15, -0.1) is 0 Å². The largest absolute Gasteiger partial charge is 0.481 e. The van der Waals surface area contributed by atoms with Crippen LogP contribution in [-0.2, 0) is 16.8 Å². The molecule has 0 aromatic heterocycles. The number of carbonyl (C=O) groups is 1. The van der Waals surface area contributed by atoms with Gasteiger partial charge in [0.05, 0.1) is 5.41 Å². The second-order valence-corrected chi connectivity index (χ2v) is 6.13. The van der Waals surface area contributed by atoms with Gasteiger partial charge in [-0.2, -0.15) is 0 Å². The number of anilines is 1. The minimum Gasteiger partial charge on any atom is -0.481 e. The summed E-state index contributed by atoms with van der Waals surface area (Å²) in [6.45, 7) is 0.838. The molecule has 114 valence electrons. The average Bonchev–Trinajstić information content (AvgIpc) is 2.47. The molecular formula is C19H21NO2. The van der Waals surface area contributed by atoms with E-state index in [0.29, 0.717) is 0 Å². The molecule has 0 radical (unpaired) electrons. The summed E-state index contributed by atoms with van der Waals surface area (Å²) in [5, 5.41) is 9.50. The van der Waals surface area contributed by atoms with Gasteiger partial charge in [0.1, 0.15) is 0 Å². The molecular weight excluding hydrogens is 274 g/mol. The Morgan fingerprint density at radius 3 is 2.23 bits per heavy atom. The lowest BCUT2D eigenvalue weighted by Gasteiger charge is -2.38. The van der Waals surface area contributed by atoms with Crippen LogP contribution in [0.1, 0.15) is 30.4 Å². The van der Waals surface area contributed by atoms with E-state index in [9.17, 15) is 9.90 Å². The zero-order valence-electron chi connectivity index (χ0n) is 12.8. The van der Waals surface area contributed by atoms with Gasteiger partial charge >= 0.3 is 5.97 Å². The molecule has 3 nitrogen and oxygen atoms in total. The number of benzene rings is 2. The average molecular weight is 295 g/mol. The maximum atomic E-state index is 11.6. The number of rotatable bonds is 5. The van der Waals surface area contributed by atoms with Crippen molar-refractivity contribution < 1.29 is 9.90 Å². The molecule has 1 aliphatic carbocycles. The Bertz CT molecular complexity index is 645. The van der Waals surface area contributed by atoms with Crippen LogP contribution in [0.5, 0.6) is 0 Å². The van der Waals surface area contributed by atoms with E-state index in [-0.39, 0.29) is 0 Å². The lowest BCUT2D eigenvalue weighted by Crippen LogP contribution is -2.42. The van der Waals surface area contributed by atoms with Crippen LogP contribution in [0.2, 0.25) is 0 Å². The van der Waals surface area contributed by atoms with Crippen LogP contribution >= 0.6 is 0 Å². The molecule has 1 saturated carbocycles. The Labute approximate surface area is 131 Å². The maximum absolute atomic E-state index is 11.6. The molecule has 1 N–H and O–H groups in total. The van der Waals surface area contributed by atoms with Crippen LogP contribution in [0.15, 0.2) is 54.6 Å². The third-order valence-electron chi connectivity index (χ3n) is 4.74. The van der Waals surface area contributed by atoms with Crippen LogP contribution in [-0.4, -0.2) is 18.1 Å². The highest BCUT2D eigenvalue weighted by Gasteiger charge is 2.45. The quantitative estimate of drug-likeness (QED) is 0.911. The molecule has 3 rings (SSSR count). The number of nitrogens with zero attached hydrogens (tertiary/aromatic N) is 1. The van der Waals surface area contributed by atoms with E-state index in [0.717, 1.165) is 37.1 Å². The van der Waals surface area contributed by atoms with Crippen LogP contribution in [0.3, 0.4) is 0 Å². The molecule has 0 atom stereocenters. The van der Waals surface area contributed by atoms with Gasteiger partial charge in [0.25, 0.3) is 0 Å². The predicted octanol–water partition coefficient (Wildman–Crippen LogP) is 3.83. The topological polar surface area (TPSA) is 40.5 Å². The first kappa shape index (κ1) is 14.6. The minimum atomic E-state index is -0.691. The van der Waals surface area contributed by atoms with Gasteiger partial charge < -0.3 is 10.0 Å². The van der Waals surface area contributed by atoms with Crippen LogP contribution in [0.25, 0.3) is 0 Å². The molecule has 0 bridgehead atoms. The summed E-state index contributed by atoms with van der Waals surface area (Å²) in [5.41, 5.74) is 2.65. The smallest absolute Gasteiger partial charge is 0.314 e. The van der Waals surface area contributed by atoms with E-state index in [1.54, 1.807) is 0 Å². The molecule has 2 aromatic carbocycles. The molecule has 2 aromatic rings. The van der Waals surface area contributed by atoms with Crippen molar-refractivity contribution in [2.45, 2.75) is 31.2 Å². The zero-order valence-corrected chi connectivity index (χ0v) is 12.8. The molecule has 0 amide bonds. The number of hydrogen-bond acceptors (Lipinski definition) is 2. The standard InChI is InChI=1S/C19H21NO2/c1-20(14-15-6-3-2-4-7-15)17-10-8-16(9-11-17)19(18(21)22)12-5-13-19/h2-4,6-11H,5,12-14H2,1H3,(H,21,22). The molecule has 22 heavy (non-hydrogen) atoms. The van der Waals surface area contributed by atoms with Crippen LogP contribution < -0.4 is 4.90 Å². The van der Waals surface area contributed by atoms with Crippen LogP contribution in [0.4, 0.5) is 5.69 Å². The first-order valence-corrected chi connectivity index (χ1v) is 7.71. The number of carboxylic acids is 1. The summed E-state index contributed by atoms with van der Waals surface area (Å²) >= 11 is 0. The number of carboxylic acid groups (broad SMARTS) is 1. The first-order valence-electron chi connectivity index (χ1n) is 7.71. The summed E-state index contributed by atoms with van der Waals surface area (Å²) in [7, 11) is 2.05. The van der Waals surface area contributed by atoms with Gasteiger partial charge in [-0.25, -0.2) is 0 Å². The summed E-state index contributed by atoms with van der Waals surface area (Å²) in [5.74, 6) is -0.691. The fourth-order valence-electron chi connectivity index (χ4n) is 3.14. The van der Waals surface area contributed by atoms with E-state index < -0.39 is 11.4 Å². The molecule has 0 unspecified atom stereocenters. The Hall–Kier alpha value is -2.29. The second kappa shape index (κ2) is 5.84. The Morgan fingerprint density at radius 2 is 1.73 bits per heavy atom. The molecule has 1 fully saturated rings. The molecule has 0 heterocycles. The highest BCUT2D eigenvalue weighted by Crippen LogP contribution is 2.44. The summed E-state index contributed by atoms with van der Waals surface area (Å²) in [6, 6.07) is 18.3. The van der Waals surface area contributed by atoms with Crippen molar-refractivity contribution in [3.8, 4) is 0 Å². The number of hydrogen-bond donors (Lipinski definition) is 1. The van der Waals surface area contributed by atoms with E-state index in [2.05, 4.69) is 24.1 Å². The minimum absolute atomic E-state index is 0.642. The highest BCUT2D eigenvalue weighted by molar-refractivity contribution is 5.82. The van der Waals surface area contributed by atoms with E-state index in [1.165, 1.54) is 5.56 Å². The SMILES string of the molecule is CN(Cc1ccccc1)c1ccc(C2(C(=O)O)CCC2)cc1. The van der Waals surface area contributed by atoms with Crippen molar-refractivity contribution in [2.24, 2.45) is 0 Å². The maximum Gasteiger partial charge on any atom is 0.314 e. The third-order valence-corrected chi connectivity index (χ3v) is 4.74. The van der Waals surface area contributed by atoms with Crippen molar-refractivity contribution in [1.29, 1.82) is 0 Å². The monoisotopic (exact) mass is 295 g/mol. The Morgan fingerprint density at radius 1 is 1.09 bits per heavy atom. The normalized spacial score (nSPS) is 15.9. The fourth-order valence-corrected chi connectivity index (χ4v) is 3.14. The first-order chi connectivity index (χ1) is 10.6. The lowest BCUT2D eigenvalue weighted by molar-refractivity contribution is -0.147. The van der Waals surface area contributed by atoms with Gasteiger partial charge in [0.15, 0.2) is 0 Å². The van der Waals surface area contributed by atoms with E-state index >= 15 is 0 Å². The van der Waals surface area contributed by atoms with Crippen molar-refractivity contribution in [2.75, 3.05) is 11.9 Å². The Balaban J connectivity index is 1.75. The van der Waals surface area contributed by atoms with Crippen molar-refractivity contribution in [3.05, 3.63) is 65.7 Å². The van der Waals surface area contributed by atoms with Gasteiger partial charge in [0.2, 0.25) is 0 Å². The van der Waals surface area contributed by atoms with Gasteiger partial charge in [-0.3, -0.25) is 4.79 Å². The van der Waals surface area contributed by atoms with Gasteiger partial charge in [-0.1, -0.05) is 48.9 Å². The fraction of sp³-hybridized carbons (Fsp3) is 0.316. The number of aliphatic carboxylic acids is 1. The van der Waals surface area contributed by atoms with Gasteiger partial charge in [-0.05, 0) is 36.1 Å². The molecule has 1 aliphatic rings. The molecule has 0 aliphatic heterocycles. The second-order valence-electron chi connectivity index (χ2n) is 6.13. The van der Waals surface area contributed by atoms with Crippen LogP contribution in [0, 0.1) is 0 Å². The zero-order chi connectivity index (χ0) is 15.6. The van der Waals surface area contributed by atoms with Gasteiger partial charge in [0, 0.05) is 19.3 Å². The van der Waals surface area contributed by atoms with Crippen molar-refractivity contribution >= 4 is 11.7 Å². The van der Waals surface area contributed by atoms with E-state index in [1.807, 2.05) is 42.5 Å². The Kier molecular flexibility index (Phi) is 3.88. The molecule has 3 heteroatoms. The van der Waals surface area contributed by atoms with Crippen molar-refractivity contribution in [3.63, 3.8) is 0 Å². The summed E-state index contributed by atoms with van der Waals surface area (Å²) in [6.07, 6.45) is 2.50. The molecule has 0 saturated heterocycles. The van der Waals surface area contributed by atoms with Crippen molar-refractivity contribution in [1.82, 2.24) is 0 Å². The summed E-state index contributed by atoms with van der Waals surface area (Å²) in [4.78, 5) is 13.7. The lowest BCUT2D eigenvalue weighted by atomic mass is 9.64.